The van der Waals surface area contributed by atoms with Crippen LogP contribution in [0.4, 0.5) is 10.2 Å². The molecule has 3 rings (SSSR count). The van der Waals surface area contributed by atoms with E-state index < -0.39 is 6.67 Å². The molecule has 0 aliphatic heterocycles. The van der Waals surface area contributed by atoms with E-state index in [1.54, 1.807) is 30.5 Å². The normalized spacial score (nSPS) is 10.8. The summed E-state index contributed by atoms with van der Waals surface area (Å²) < 4.78 is 17.6. The first-order chi connectivity index (χ1) is 9.76. The lowest BCUT2D eigenvalue weighted by Gasteiger charge is -2.02. The topological polar surface area (TPSA) is 71.2 Å². The standard InChI is InChI=1S/C14H12FN3O2/c15-5-6-16-13-4-1-9(8-17-13)14-18-11-3-2-10(19)7-12(11)20-14/h1-4,7-8,19H,5-6H2,(H,16,17). The van der Waals surface area contributed by atoms with Crippen molar-refractivity contribution in [2.75, 3.05) is 18.5 Å². The average molecular weight is 273 g/mol. The van der Waals surface area contributed by atoms with Crippen molar-refractivity contribution in [1.82, 2.24) is 9.97 Å². The van der Waals surface area contributed by atoms with Gasteiger partial charge in [-0.3, -0.25) is 0 Å². The van der Waals surface area contributed by atoms with Crippen molar-refractivity contribution in [2.24, 2.45) is 0 Å². The minimum absolute atomic E-state index is 0.129. The van der Waals surface area contributed by atoms with Gasteiger partial charge in [0, 0.05) is 18.8 Å². The fourth-order valence-electron chi connectivity index (χ4n) is 1.84. The third-order valence-electron chi connectivity index (χ3n) is 2.78. The predicted octanol–water partition coefficient (Wildman–Crippen LogP) is 2.98. The number of alkyl halides is 1. The van der Waals surface area contributed by atoms with Crippen molar-refractivity contribution < 1.29 is 13.9 Å². The molecule has 0 bridgehead atoms. The van der Waals surface area contributed by atoms with Crippen LogP contribution in [0.15, 0.2) is 40.9 Å². The molecule has 0 aliphatic carbocycles. The van der Waals surface area contributed by atoms with Gasteiger partial charge in [-0.25, -0.2) is 14.4 Å². The highest BCUT2D eigenvalue weighted by molar-refractivity contribution is 5.77. The lowest BCUT2D eigenvalue weighted by atomic mass is 10.3. The molecule has 5 nitrogen and oxygen atoms in total. The van der Waals surface area contributed by atoms with E-state index >= 15 is 0 Å². The summed E-state index contributed by atoms with van der Waals surface area (Å²) in [5, 5.41) is 12.2. The van der Waals surface area contributed by atoms with Crippen LogP contribution < -0.4 is 5.32 Å². The number of phenols is 1. The molecule has 0 amide bonds. The van der Waals surface area contributed by atoms with Gasteiger partial charge < -0.3 is 14.8 Å². The first kappa shape index (κ1) is 12.4. The maximum atomic E-state index is 12.0. The fraction of sp³-hybridized carbons (Fsp3) is 0.143. The van der Waals surface area contributed by atoms with E-state index in [1.807, 2.05) is 0 Å². The van der Waals surface area contributed by atoms with Gasteiger partial charge in [-0.1, -0.05) is 0 Å². The zero-order chi connectivity index (χ0) is 13.9. The van der Waals surface area contributed by atoms with Crippen LogP contribution in [0.25, 0.3) is 22.6 Å². The summed E-state index contributed by atoms with van der Waals surface area (Å²) in [6, 6.07) is 8.27. The Kier molecular flexibility index (Phi) is 3.20. The van der Waals surface area contributed by atoms with Crippen LogP contribution >= 0.6 is 0 Å². The molecule has 0 radical (unpaired) electrons. The summed E-state index contributed by atoms with van der Waals surface area (Å²) in [6.45, 7) is -0.216. The molecule has 2 N–H and O–H groups in total. The van der Waals surface area contributed by atoms with Gasteiger partial charge >= 0.3 is 0 Å². The van der Waals surface area contributed by atoms with Crippen LogP contribution in [0.1, 0.15) is 0 Å². The monoisotopic (exact) mass is 273 g/mol. The van der Waals surface area contributed by atoms with Crippen molar-refractivity contribution >= 4 is 16.9 Å². The molecule has 0 spiro atoms. The van der Waals surface area contributed by atoms with Crippen molar-refractivity contribution in [1.29, 1.82) is 0 Å². The number of rotatable bonds is 4. The molecule has 2 heterocycles. The van der Waals surface area contributed by atoms with Crippen molar-refractivity contribution in [2.45, 2.75) is 0 Å². The molecule has 1 aromatic carbocycles. The highest BCUT2D eigenvalue weighted by Crippen LogP contribution is 2.26. The second kappa shape index (κ2) is 5.16. The number of benzene rings is 1. The molecule has 102 valence electrons. The number of oxazole rings is 1. The summed E-state index contributed by atoms with van der Waals surface area (Å²) in [7, 11) is 0. The van der Waals surface area contributed by atoms with E-state index in [1.165, 1.54) is 6.07 Å². The Bertz CT molecular complexity index is 725. The Morgan fingerprint density at radius 3 is 2.90 bits per heavy atom. The quantitative estimate of drug-likeness (QED) is 0.764. The number of nitrogens with zero attached hydrogens (tertiary/aromatic N) is 2. The van der Waals surface area contributed by atoms with Crippen LogP contribution in [0.3, 0.4) is 0 Å². The molecule has 0 fully saturated rings. The minimum Gasteiger partial charge on any atom is -0.508 e. The first-order valence-electron chi connectivity index (χ1n) is 6.12. The summed E-state index contributed by atoms with van der Waals surface area (Å²) in [6.07, 6.45) is 1.60. The lowest BCUT2D eigenvalue weighted by Crippen LogP contribution is -2.04. The number of halogens is 1. The maximum Gasteiger partial charge on any atom is 0.228 e. The van der Waals surface area contributed by atoms with E-state index in [0.29, 0.717) is 28.4 Å². The third-order valence-corrected chi connectivity index (χ3v) is 2.78. The van der Waals surface area contributed by atoms with Gasteiger partial charge in [-0.2, -0.15) is 0 Å². The van der Waals surface area contributed by atoms with Gasteiger partial charge in [-0.15, -0.1) is 0 Å². The Hall–Kier alpha value is -2.63. The van der Waals surface area contributed by atoms with Crippen LogP contribution in [0, 0.1) is 0 Å². The number of hydrogen-bond donors (Lipinski definition) is 2. The second-order valence-corrected chi connectivity index (χ2v) is 4.22. The van der Waals surface area contributed by atoms with Crippen LogP contribution in [-0.4, -0.2) is 28.3 Å². The first-order valence-corrected chi connectivity index (χ1v) is 6.12. The Morgan fingerprint density at radius 2 is 2.15 bits per heavy atom. The Labute approximate surface area is 114 Å². The lowest BCUT2D eigenvalue weighted by molar-refractivity contribution is 0.474. The molecule has 0 saturated heterocycles. The smallest absolute Gasteiger partial charge is 0.228 e. The molecule has 0 unspecified atom stereocenters. The number of anilines is 1. The van der Waals surface area contributed by atoms with Crippen LogP contribution in [0.5, 0.6) is 5.75 Å². The molecule has 3 aromatic rings. The molecule has 20 heavy (non-hydrogen) atoms. The molecule has 2 aromatic heterocycles. The summed E-state index contributed by atoms with van der Waals surface area (Å²) in [5.41, 5.74) is 1.89. The zero-order valence-electron chi connectivity index (χ0n) is 10.5. The fourth-order valence-corrected chi connectivity index (χ4v) is 1.84. The van der Waals surface area contributed by atoms with E-state index in [2.05, 4.69) is 15.3 Å². The number of hydrogen-bond acceptors (Lipinski definition) is 5. The van der Waals surface area contributed by atoms with E-state index in [4.69, 9.17) is 4.42 Å². The predicted molar refractivity (Wildman–Crippen MR) is 73.4 cm³/mol. The number of pyridine rings is 1. The third kappa shape index (κ3) is 2.40. The van der Waals surface area contributed by atoms with Gasteiger partial charge in [0.2, 0.25) is 5.89 Å². The average Bonchev–Trinajstić information content (AvgIpc) is 2.88. The number of aromatic nitrogens is 2. The van der Waals surface area contributed by atoms with Gasteiger partial charge in [0.15, 0.2) is 5.58 Å². The van der Waals surface area contributed by atoms with Crippen LogP contribution in [-0.2, 0) is 0 Å². The van der Waals surface area contributed by atoms with Crippen molar-refractivity contribution in [3.8, 4) is 17.2 Å². The highest BCUT2D eigenvalue weighted by atomic mass is 19.1. The summed E-state index contributed by atoms with van der Waals surface area (Å²) >= 11 is 0. The van der Waals surface area contributed by atoms with Crippen LogP contribution in [0.2, 0.25) is 0 Å². The summed E-state index contributed by atoms with van der Waals surface area (Å²) in [4.78, 5) is 8.47. The van der Waals surface area contributed by atoms with Gasteiger partial charge in [0.1, 0.15) is 23.8 Å². The van der Waals surface area contributed by atoms with Gasteiger partial charge in [-0.05, 0) is 24.3 Å². The van der Waals surface area contributed by atoms with E-state index in [-0.39, 0.29) is 12.3 Å². The second-order valence-electron chi connectivity index (χ2n) is 4.22. The number of aromatic hydroxyl groups is 1. The largest absolute Gasteiger partial charge is 0.508 e. The number of phenolic OH excluding ortho intramolecular Hbond substituents is 1. The molecule has 6 heteroatoms. The summed E-state index contributed by atoms with van der Waals surface area (Å²) in [5.74, 6) is 1.15. The number of fused-ring (bicyclic) bond motifs is 1. The maximum absolute atomic E-state index is 12.0. The Morgan fingerprint density at radius 1 is 1.25 bits per heavy atom. The van der Waals surface area contributed by atoms with Gasteiger partial charge in [0.25, 0.3) is 0 Å². The van der Waals surface area contributed by atoms with Crippen molar-refractivity contribution in [3.05, 3.63) is 36.5 Å². The molecule has 0 atom stereocenters. The van der Waals surface area contributed by atoms with Crippen molar-refractivity contribution in [3.63, 3.8) is 0 Å². The van der Waals surface area contributed by atoms with E-state index in [9.17, 15) is 9.50 Å². The zero-order valence-corrected chi connectivity index (χ0v) is 10.5. The minimum atomic E-state index is -0.446. The highest BCUT2D eigenvalue weighted by Gasteiger charge is 2.09. The molecule has 0 aliphatic rings. The van der Waals surface area contributed by atoms with E-state index in [0.717, 1.165) is 0 Å². The Balaban J connectivity index is 1.90. The number of nitrogens with one attached hydrogen (secondary N) is 1. The SMILES string of the molecule is Oc1ccc2nc(-c3ccc(NCCF)nc3)oc2c1. The molecular formula is C14H12FN3O2. The molecule has 0 saturated carbocycles. The van der Waals surface area contributed by atoms with Gasteiger partial charge in [0.05, 0.1) is 5.56 Å². The molecular weight excluding hydrogens is 261 g/mol.